The molecule has 13 heteroatoms. The van der Waals surface area contributed by atoms with Gasteiger partial charge < -0.3 is 15.0 Å². The Labute approximate surface area is 331 Å². The van der Waals surface area contributed by atoms with Crippen molar-refractivity contribution in [2.75, 3.05) is 55.3 Å². The van der Waals surface area contributed by atoms with Crippen molar-refractivity contribution in [2.45, 2.75) is 42.8 Å². The van der Waals surface area contributed by atoms with E-state index in [4.69, 9.17) is 4.74 Å². The van der Waals surface area contributed by atoms with Crippen LogP contribution in [0.25, 0.3) is 11.1 Å². The molecule has 2 N–H and O–H groups in total. The summed E-state index contributed by atoms with van der Waals surface area (Å²) in [7, 11) is -4.61. The van der Waals surface area contributed by atoms with E-state index in [-0.39, 0.29) is 17.8 Å². The second kappa shape index (κ2) is 18.3. The maximum atomic E-state index is 14.0. The van der Waals surface area contributed by atoms with Crippen LogP contribution in [0.5, 0.6) is 5.75 Å². The fourth-order valence-corrected chi connectivity index (χ4v) is 8.43. The first-order valence-corrected chi connectivity index (χ1v) is 21.0. The van der Waals surface area contributed by atoms with Gasteiger partial charge in [-0.15, -0.1) is 11.8 Å². The zero-order valence-electron chi connectivity index (χ0n) is 31.3. The maximum absolute atomic E-state index is 14.0. The highest BCUT2D eigenvalue weighted by molar-refractivity contribution is 7.99. The third-order valence-electron chi connectivity index (χ3n) is 9.59. The van der Waals surface area contributed by atoms with Crippen LogP contribution in [0.2, 0.25) is 0 Å². The van der Waals surface area contributed by atoms with Crippen molar-refractivity contribution in [3.05, 3.63) is 138 Å². The minimum atomic E-state index is -4.83. The Hall–Kier alpha value is -4.98. The van der Waals surface area contributed by atoms with Gasteiger partial charge in [-0.3, -0.25) is 9.69 Å². The topological polar surface area (TPSA) is 91.0 Å². The number of rotatable bonds is 15. The standard InChI is InChI=1S/C43H45F3N4O4S2/c1-3-31-27-34(33-9-8-10-37(28-33)54-4-2)13-14-35(31)30-49-22-24-50(25-23-49)36-17-15-32(16-18-36)42(51)48-56(52,53)39-19-20-41(40(29-39)43(44,45)46)47-21-26-55-38-11-6-5-7-12-38/h5-20,27-29,47H,3-4,21-26,30H2,1-2H3,(H,48,51). The van der Waals surface area contributed by atoms with E-state index in [1.807, 2.05) is 54.1 Å². The van der Waals surface area contributed by atoms with E-state index in [1.165, 1.54) is 35.0 Å². The molecule has 0 radical (unpaired) electrons. The van der Waals surface area contributed by atoms with E-state index in [1.54, 1.807) is 12.1 Å². The second-order valence-electron chi connectivity index (χ2n) is 13.3. The van der Waals surface area contributed by atoms with Crippen molar-refractivity contribution in [1.82, 2.24) is 9.62 Å². The number of sulfonamides is 1. The molecule has 0 bridgehead atoms. The summed E-state index contributed by atoms with van der Waals surface area (Å²) in [4.78, 5) is 18.0. The van der Waals surface area contributed by atoms with Gasteiger partial charge in [0.25, 0.3) is 15.9 Å². The lowest BCUT2D eigenvalue weighted by Crippen LogP contribution is -2.46. The average Bonchev–Trinajstić information content (AvgIpc) is 3.20. The number of hydrogen-bond acceptors (Lipinski definition) is 8. The molecule has 5 aromatic rings. The molecule has 1 saturated heterocycles. The van der Waals surface area contributed by atoms with E-state index in [9.17, 15) is 26.4 Å². The summed E-state index contributed by atoms with van der Waals surface area (Å²) in [5, 5.41) is 2.76. The van der Waals surface area contributed by atoms with Crippen LogP contribution in [0.3, 0.4) is 0 Å². The van der Waals surface area contributed by atoms with Gasteiger partial charge in [0, 0.05) is 66.9 Å². The molecule has 0 aliphatic carbocycles. The number of amides is 1. The molecule has 1 amide bonds. The number of thioether (sulfide) groups is 1. The molecule has 0 atom stereocenters. The molecule has 8 nitrogen and oxygen atoms in total. The van der Waals surface area contributed by atoms with Gasteiger partial charge in [0.05, 0.1) is 17.1 Å². The summed E-state index contributed by atoms with van der Waals surface area (Å²) in [6.45, 7) is 9.03. The van der Waals surface area contributed by atoms with Crippen molar-refractivity contribution >= 4 is 39.1 Å². The lowest BCUT2D eigenvalue weighted by Gasteiger charge is -2.36. The largest absolute Gasteiger partial charge is 0.494 e. The highest BCUT2D eigenvalue weighted by Crippen LogP contribution is 2.36. The highest BCUT2D eigenvalue weighted by Gasteiger charge is 2.35. The van der Waals surface area contributed by atoms with Gasteiger partial charge in [0.2, 0.25) is 0 Å². The number of carbonyl (C=O) groups is 1. The predicted molar refractivity (Wildman–Crippen MR) is 218 cm³/mol. The number of alkyl halides is 3. The van der Waals surface area contributed by atoms with Gasteiger partial charge in [-0.05, 0) is 102 Å². The zero-order chi connectivity index (χ0) is 39.7. The van der Waals surface area contributed by atoms with E-state index in [2.05, 4.69) is 52.4 Å². The van der Waals surface area contributed by atoms with Gasteiger partial charge in [0.15, 0.2) is 0 Å². The number of carbonyl (C=O) groups excluding carboxylic acids is 1. The number of anilines is 2. The summed E-state index contributed by atoms with van der Waals surface area (Å²) in [6.07, 6.45) is -3.91. The Morgan fingerprint density at radius 2 is 1.54 bits per heavy atom. The molecule has 1 aliphatic heterocycles. The van der Waals surface area contributed by atoms with Gasteiger partial charge in [-0.1, -0.05) is 55.5 Å². The monoisotopic (exact) mass is 802 g/mol. The molecule has 1 fully saturated rings. The number of piperazine rings is 1. The minimum absolute atomic E-state index is 0.0707. The van der Waals surface area contributed by atoms with Gasteiger partial charge in [-0.25, -0.2) is 13.1 Å². The van der Waals surface area contributed by atoms with Crippen molar-refractivity contribution in [2.24, 2.45) is 0 Å². The highest BCUT2D eigenvalue weighted by atomic mass is 32.2. The summed E-state index contributed by atoms with van der Waals surface area (Å²) >= 11 is 1.48. The SMILES string of the molecule is CCOc1cccc(-c2ccc(CN3CCN(c4ccc(C(=O)NS(=O)(=O)c5ccc(NCCSc6ccccc6)c(C(F)(F)F)c5)cc4)CC3)c(CC)c2)c1. The van der Waals surface area contributed by atoms with E-state index in [0.717, 1.165) is 78.7 Å². The summed E-state index contributed by atoms with van der Waals surface area (Å²) in [5.41, 5.74) is 4.47. The molecule has 6 rings (SSSR count). The fraction of sp³-hybridized carbons (Fsp3) is 0.279. The van der Waals surface area contributed by atoms with E-state index >= 15 is 0 Å². The molecule has 56 heavy (non-hydrogen) atoms. The van der Waals surface area contributed by atoms with Crippen LogP contribution in [-0.4, -0.2) is 64.3 Å². The molecule has 0 saturated carbocycles. The van der Waals surface area contributed by atoms with Crippen LogP contribution >= 0.6 is 11.8 Å². The van der Waals surface area contributed by atoms with Crippen molar-refractivity contribution in [3.8, 4) is 16.9 Å². The Balaban J connectivity index is 1.03. The quantitative estimate of drug-likeness (QED) is 0.0802. The third-order valence-corrected chi connectivity index (χ3v) is 11.9. The lowest BCUT2D eigenvalue weighted by atomic mass is 9.97. The molecule has 0 aromatic heterocycles. The smallest absolute Gasteiger partial charge is 0.418 e. The van der Waals surface area contributed by atoms with Crippen molar-refractivity contribution in [3.63, 3.8) is 0 Å². The summed E-state index contributed by atoms with van der Waals surface area (Å²) < 4.78 is 75.9. The third kappa shape index (κ3) is 10.4. The lowest BCUT2D eigenvalue weighted by molar-refractivity contribution is -0.137. The van der Waals surface area contributed by atoms with Crippen LogP contribution in [0.1, 0.15) is 40.9 Å². The molecule has 294 valence electrons. The van der Waals surface area contributed by atoms with E-state index in [0.29, 0.717) is 18.4 Å². The Morgan fingerprint density at radius 3 is 2.23 bits per heavy atom. The average molecular weight is 803 g/mol. The fourth-order valence-electron chi connectivity index (χ4n) is 6.64. The first kappa shape index (κ1) is 40.7. The Kier molecular flexibility index (Phi) is 13.3. The van der Waals surface area contributed by atoms with Crippen LogP contribution in [0.15, 0.2) is 125 Å². The second-order valence-corrected chi connectivity index (χ2v) is 16.2. The number of nitrogens with one attached hydrogen (secondary N) is 2. The van der Waals surface area contributed by atoms with Crippen LogP contribution < -0.4 is 19.7 Å². The number of ether oxygens (including phenoxy) is 1. The normalized spacial score (nSPS) is 13.7. The Bertz CT molecular complexity index is 2210. The zero-order valence-corrected chi connectivity index (χ0v) is 32.9. The first-order chi connectivity index (χ1) is 26.9. The maximum Gasteiger partial charge on any atom is 0.418 e. The predicted octanol–water partition coefficient (Wildman–Crippen LogP) is 8.98. The summed E-state index contributed by atoms with van der Waals surface area (Å²) in [5.74, 6) is 0.417. The van der Waals surface area contributed by atoms with Gasteiger partial charge in [-0.2, -0.15) is 13.2 Å². The number of benzene rings is 5. The number of aryl methyl sites for hydroxylation is 1. The molecule has 0 spiro atoms. The van der Waals surface area contributed by atoms with Crippen LogP contribution in [-0.2, 0) is 29.2 Å². The van der Waals surface area contributed by atoms with Crippen molar-refractivity contribution < 1.29 is 31.1 Å². The number of hydrogen-bond donors (Lipinski definition) is 2. The van der Waals surface area contributed by atoms with Gasteiger partial charge in [0.1, 0.15) is 5.75 Å². The number of nitrogens with zero attached hydrogens (tertiary/aromatic N) is 2. The molecule has 1 aliphatic rings. The molecule has 1 heterocycles. The molecule has 0 unspecified atom stereocenters. The van der Waals surface area contributed by atoms with E-state index < -0.39 is 32.6 Å². The minimum Gasteiger partial charge on any atom is -0.494 e. The van der Waals surface area contributed by atoms with Crippen LogP contribution in [0, 0.1) is 0 Å². The summed E-state index contributed by atoms with van der Waals surface area (Å²) in [6, 6.07) is 33.5. The van der Waals surface area contributed by atoms with Crippen LogP contribution in [0.4, 0.5) is 24.5 Å². The van der Waals surface area contributed by atoms with Crippen molar-refractivity contribution in [1.29, 1.82) is 0 Å². The van der Waals surface area contributed by atoms with Gasteiger partial charge >= 0.3 is 6.18 Å². The molecular weight excluding hydrogens is 758 g/mol. The molecule has 5 aromatic carbocycles. The number of halogens is 3. The first-order valence-electron chi connectivity index (χ1n) is 18.6. The Morgan fingerprint density at radius 1 is 0.804 bits per heavy atom. The molecular formula is C43H45F3N4O4S2.